The van der Waals surface area contributed by atoms with Crippen LogP contribution in [-0.4, -0.2) is 43.1 Å². The van der Waals surface area contributed by atoms with E-state index < -0.39 is 6.10 Å². The highest BCUT2D eigenvalue weighted by molar-refractivity contribution is 5.80. The van der Waals surface area contributed by atoms with E-state index in [0.29, 0.717) is 12.5 Å². The van der Waals surface area contributed by atoms with Gasteiger partial charge in [0.1, 0.15) is 5.75 Å². The van der Waals surface area contributed by atoms with Crippen molar-refractivity contribution in [2.45, 2.75) is 59.5 Å². The second-order valence-electron chi connectivity index (χ2n) is 8.30. The predicted molar refractivity (Wildman–Crippen MR) is 108 cm³/mol. The van der Waals surface area contributed by atoms with Crippen molar-refractivity contribution in [2.75, 3.05) is 26.2 Å². The Morgan fingerprint density at radius 2 is 1.85 bits per heavy atom. The van der Waals surface area contributed by atoms with Crippen LogP contribution >= 0.6 is 0 Å². The summed E-state index contributed by atoms with van der Waals surface area (Å²) in [6.45, 7) is 14.9. The summed E-state index contributed by atoms with van der Waals surface area (Å²) in [6.07, 6.45) is 1.84. The van der Waals surface area contributed by atoms with Crippen LogP contribution < -0.4 is 10.1 Å². The van der Waals surface area contributed by atoms with Gasteiger partial charge < -0.3 is 15.0 Å². The Bertz CT molecular complexity index is 563. The van der Waals surface area contributed by atoms with Gasteiger partial charge in [-0.1, -0.05) is 45.9 Å². The molecule has 1 aliphatic rings. The molecule has 1 N–H and O–H groups in total. The summed E-state index contributed by atoms with van der Waals surface area (Å²) < 4.78 is 5.92. The molecule has 0 saturated carbocycles. The van der Waals surface area contributed by atoms with Crippen LogP contribution in [0.3, 0.4) is 0 Å². The quantitative estimate of drug-likeness (QED) is 0.711. The largest absolute Gasteiger partial charge is 0.481 e. The molecule has 4 nitrogen and oxygen atoms in total. The van der Waals surface area contributed by atoms with Crippen molar-refractivity contribution in [3.8, 4) is 5.75 Å². The summed E-state index contributed by atoms with van der Waals surface area (Å²) in [5.74, 6) is 2.70. The lowest BCUT2D eigenvalue weighted by atomic mass is 9.92. The summed E-state index contributed by atoms with van der Waals surface area (Å²) in [5.41, 5.74) is 1.14. The van der Waals surface area contributed by atoms with Crippen LogP contribution in [0.2, 0.25) is 0 Å². The number of rotatable bonds is 8. The Balaban J connectivity index is 1.72. The van der Waals surface area contributed by atoms with Gasteiger partial charge in [-0.25, -0.2) is 0 Å². The average Bonchev–Trinajstić information content (AvgIpc) is 2.58. The summed E-state index contributed by atoms with van der Waals surface area (Å²) in [4.78, 5) is 14.9. The van der Waals surface area contributed by atoms with Gasteiger partial charge in [-0.05, 0) is 55.7 Å². The van der Waals surface area contributed by atoms with Crippen molar-refractivity contribution in [3.63, 3.8) is 0 Å². The number of carbonyl (C=O) groups excluding carboxylic acids is 1. The standard InChI is InChI=1S/C22H36N2O2/c1-16(2)20-9-6-7-10-21(20)26-19(5)22(25)23-11-8-12-24-14-17(3)13-18(4)15-24/h6-7,9-10,16-19H,8,11-15H2,1-5H3,(H,23,25)/t17-,18+,19-/m0/s1. The lowest BCUT2D eigenvalue weighted by molar-refractivity contribution is -0.127. The number of piperidine rings is 1. The molecule has 1 heterocycles. The zero-order chi connectivity index (χ0) is 19.1. The fraction of sp³-hybridized carbons (Fsp3) is 0.682. The number of hydrogen-bond acceptors (Lipinski definition) is 3. The molecule has 0 radical (unpaired) electrons. The van der Waals surface area contributed by atoms with Gasteiger partial charge >= 0.3 is 0 Å². The number of para-hydroxylation sites is 1. The summed E-state index contributed by atoms with van der Waals surface area (Å²) in [5, 5.41) is 3.02. The van der Waals surface area contributed by atoms with E-state index in [1.807, 2.05) is 25.1 Å². The third-order valence-corrected chi connectivity index (χ3v) is 5.11. The SMILES string of the molecule is CC(C)c1ccccc1O[C@@H](C)C(=O)NCCCN1C[C@H](C)C[C@H](C)C1. The lowest BCUT2D eigenvalue weighted by Crippen LogP contribution is -2.41. The molecule has 26 heavy (non-hydrogen) atoms. The molecule has 1 aromatic carbocycles. The van der Waals surface area contributed by atoms with Gasteiger partial charge in [-0.2, -0.15) is 0 Å². The van der Waals surface area contributed by atoms with E-state index in [1.54, 1.807) is 0 Å². The van der Waals surface area contributed by atoms with E-state index in [0.717, 1.165) is 36.1 Å². The maximum Gasteiger partial charge on any atom is 0.260 e. The zero-order valence-electron chi connectivity index (χ0n) is 17.1. The monoisotopic (exact) mass is 360 g/mol. The highest BCUT2D eigenvalue weighted by Gasteiger charge is 2.21. The van der Waals surface area contributed by atoms with Crippen LogP contribution in [0.5, 0.6) is 5.75 Å². The highest BCUT2D eigenvalue weighted by atomic mass is 16.5. The molecule has 1 amide bonds. The van der Waals surface area contributed by atoms with Crippen molar-refractivity contribution in [1.82, 2.24) is 10.2 Å². The molecule has 1 saturated heterocycles. The maximum absolute atomic E-state index is 12.3. The fourth-order valence-electron chi connectivity index (χ4n) is 3.94. The summed E-state index contributed by atoms with van der Waals surface area (Å²) in [7, 11) is 0. The van der Waals surface area contributed by atoms with E-state index in [2.05, 4.69) is 44.0 Å². The van der Waals surface area contributed by atoms with Crippen molar-refractivity contribution >= 4 is 5.91 Å². The second kappa shape index (κ2) is 9.96. The first kappa shape index (κ1) is 20.8. The van der Waals surface area contributed by atoms with Crippen molar-refractivity contribution in [1.29, 1.82) is 0 Å². The molecule has 0 bridgehead atoms. The van der Waals surface area contributed by atoms with Gasteiger partial charge in [0.05, 0.1) is 0 Å². The van der Waals surface area contributed by atoms with Crippen LogP contribution in [0.1, 0.15) is 58.9 Å². The molecular formula is C22H36N2O2. The molecule has 0 aliphatic carbocycles. The minimum Gasteiger partial charge on any atom is -0.481 e. The first-order valence-electron chi connectivity index (χ1n) is 10.1. The third kappa shape index (κ3) is 6.31. The van der Waals surface area contributed by atoms with Gasteiger partial charge in [0.25, 0.3) is 5.91 Å². The fourth-order valence-corrected chi connectivity index (χ4v) is 3.94. The lowest BCUT2D eigenvalue weighted by Gasteiger charge is -2.34. The number of likely N-dealkylation sites (tertiary alicyclic amines) is 1. The van der Waals surface area contributed by atoms with Gasteiger partial charge in [0.15, 0.2) is 6.10 Å². The average molecular weight is 361 g/mol. The highest BCUT2D eigenvalue weighted by Crippen LogP contribution is 2.26. The number of nitrogens with zero attached hydrogens (tertiary/aromatic N) is 1. The number of carbonyl (C=O) groups is 1. The first-order valence-corrected chi connectivity index (χ1v) is 10.1. The van der Waals surface area contributed by atoms with E-state index >= 15 is 0 Å². The first-order chi connectivity index (χ1) is 12.4. The number of amides is 1. The van der Waals surface area contributed by atoms with Gasteiger partial charge in [0.2, 0.25) is 0 Å². The molecule has 3 atom stereocenters. The number of ether oxygens (including phenoxy) is 1. The normalized spacial score (nSPS) is 22.2. The summed E-state index contributed by atoms with van der Waals surface area (Å²) >= 11 is 0. The topological polar surface area (TPSA) is 41.6 Å². The van der Waals surface area contributed by atoms with Gasteiger partial charge in [0, 0.05) is 19.6 Å². The minimum atomic E-state index is -0.482. The number of benzene rings is 1. The molecule has 1 fully saturated rings. The molecule has 146 valence electrons. The van der Waals surface area contributed by atoms with Crippen molar-refractivity contribution in [3.05, 3.63) is 29.8 Å². The Morgan fingerprint density at radius 3 is 2.50 bits per heavy atom. The minimum absolute atomic E-state index is 0.0380. The third-order valence-electron chi connectivity index (χ3n) is 5.11. The van der Waals surface area contributed by atoms with Crippen LogP contribution in [0.4, 0.5) is 0 Å². The van der Waals surface area contributed by atoms with Crippen molar-refractivity contribution < 1.29 is 9.53 Å². The van der Waals surface area contributed by atoms with Crippen molar-refractivity contribution in [2.24, 2.45) is 11.8 Å². The molecule has 0 aromatic heterocycles. The van der Waals surface area contributed by atoms with E-state index in [1.165, 1.54) is 19.5 Å². The maximum atomic E-state index is 12.3. The zero-order valence-corrected chi connectivity index (χ0v) is 17.1. The molecule has 0 spiro atoms. The van der Waals surface area contributed by atoms with E-state index in [9.17, 15) is 4.79 Å². The smallest absolute Gasteiger partial charge is 0.260 e. The Labute approximate surface area is 159 Å². The van der Waals surface area contributed by atoms with Crippen LogP contribution in [0.25, 0.3) is 0 Å². The Hall–Kier alpha value is -1.55. The van der Waals surface area contributed by atoms with Crippen LogP contribution in [0, 0.1) is 11.8 Å². The second-order valence-corrected chi connectivity index (χ2v) is 8.30. The Kier molecular flexibility index (Phi) is 7.95. The Morgan fingerprint density at radius 1 is 1.19 bits per heavy atom. The molecule has 1 aromatic rings. The molecule has 4 heteroatoms. The van der Waals surface area contributed by atoms with E-state index in [4.69, 9.17) is 4.74 Å². The molecule has 2 rings (SSSR count). The predicted octanol–water partition coefficient (Wildman–Crippen LogP) is 4.06. The molecule has 0 unspecified atom stereocenters. The van der Waals surface area contributed by atoms with Crippen LogP contribution in [-0.2, 0) is 4.79 Å². The molecule has 1 aliphatic heterocycles. The van der Waals surface area contributed by atoms with Gasteiger partial charge in [-0.3, -0.25) is 4.79 Å². The van der Waals surface area contributed by atoms with Crippen LogP contribution in [0.15, 0.2) is 24.3 Å². The van der Waals surface area contributed by atoms with E-state index in [-0.39, 0.29) is 5.91 Å². The number of hydrogen-bond donors (Lipinski definition) is 1. The number of nitrogens with one attached hydrogen (secondary N) is 1. The van der Waals surface area contributed by atoms with Gasteiger partial charge in [-0.15, -0.1) is 0 Å². The summed E-state index contributed by atoms with van der Waals surface area (Å²) in [6, 6.07) is 7.96. The molecular weight excluding hydrogens is 324 g/mol.